The predicted octanol–water partition coefficient (Wildman–Crippen LogP) is 2.14. The van der Waals surface area contributed by atoms with Crippen LogP contribution >= 0.6 is 0 Å². The maximum absolute atomic E-state index is 9.32. The zero-order chi connectivity index (χ0) is 16.9. The lowest BCUT2D eigenvalue weighted by molar-refractivity contribution is -0.296. The van der Waals surface area contributed by atoms with Crippen LogP contribution in [0.3, 0.4) is 0 Å². The van der Waals surface area contributed by atoms with Crippen LogP contribution in [-0.4, -0.2) is 49.0 Å². The number of aliphatic hydroxyl groups is 2. The van der Waals surface area contributed by atoms with Crippen LogP contribution in [0.4, 0.5) is 0 Å². The molecule has 1 saturated heterocycles. The molecule has 0 spiro atoms. The SMILES string of the molecule is COc1ccc(CC2O[C@@H](CCO)C(C)(C)[C@H](CCO)O2)cc1. The number of ether oxygens (including phenoxy) is 3. The number of benzene rings is 1. The van der Waals surface area contributed by atoms with Gasteiger partial charge in [-0.25, -0.2) is 0 Å². The lowest BCUT2D eigenvalue weighted by atomic mass is 9.77. The molecule has 2 rings (SSSR count). The van der Waals surface area contributed by atoms with E-state index in [1.807, 2.05) is 24.3 Å². The Morgan fingerprint density at radius 1 is 1.00 bits per heavy atom. The molecule has 0 saturated carbocycles. The first kappa shape index (κ1) is 18.2. The number of methoxy groups -OCH3 is 1. The first-order valence-electron chi connectivity index (χ1n) is 8.16. The minimum Gasteiger partial charge on any atom is -0.497 e. The first-order chi connectivity index (χ1) is 11.0. The van der Waals surface area contributed by atoms with Crippen molar-refractivity contribution in [3.05, 3.63) is 29.8 Å². The number of aliphatic hydroxyl groups excluding tert-OH is 2. The molecular weight excluding hydrogens is 296 g/mol. The third kappa shape index (κ3) is 4.44. The van der Waals surface area contributed by atoms with E-state index >= 15 is 0 Å². The summed E-state index contributed by atoms with van der Waals surface area (Å²) in [5, 5.41) is 18.6. The van der Waals surface area contributed by atoms with Gasteiger partial charge in [-0.3, -0.25) is 0 Å². The van der Waals surface area contributed by atoms with E-state index in [4.69, 9.17) is 14.2 Å². The average molecular weight is 324 g/mol. The van der Waals surface area contributed by atoms with Crippen molar-refractivity contribution in [2.45, 2.75) is 51.6 Å². The monoisotopic (exact) mass is 324 g/mol. The molecule has 0 radical (unpaired) electrons. The summed E-state index contributed by atoms with van der Waals surface area (Å²) in [6.45, 7) is 4.29. The summed E-state index contributed by atoms with van der Waals surface area (Å²) in [6.07, 6.45) is 1.20. The van der Waals surface area contributed by atoms with Gasteiger partial charge in [0.25, 0.3) is 0 Å². The molecule has 0 bridgehead atoms. The Labute approximate surface area is 138 Å². The molecule has 1 aromatic carbocycles. The van der Waals surface area contributed by atoms with Gasteiger partial charge >= 0.3 is 0 Å². The van der Waals surface area contributed by atoms with Crippen molar-refractivity contribution < 1.29 is 24.4 Å². The fourth-order valence-corrected chi connectivity index (χ4v) is 3.12. The van der Waals surface area contributed by atoms with Gasteiger partial charge in [0, 0.05) is 25.0 Å². The highest BCUT2D eigenvalue weighted by molar-refractivity contribution is 5.27. The molecule has 2 atom stereocenters. The second-order valence-corrected chi connectivity index (χ2v) is 6.58. The van der Waals surface area contributed by atoms with E-state index in [0.717, 1.165) is 11.3 Å². The average Bonchev–Trinajstić information content (AvgIpc) is 2.53. The van der Waals surface area contributed by atoms with E-state index in [9.17, 15) is 10.2 Å². The molecule has 23 heavy (non-hydrogen) atoms. The fraction of sp³-hybridized carbons (Fsp3) is 0.667. The quantitative estimate of drug-likeness (QED) is 0.804. The van der Waals surface area contributed by atoms with Crippen LogP contribution in [0.2, 0.25) is 0 Å². The molecule has 0 amide bonds. The molecule has 0 aromatic heterocycles. The van der Waals surface area contributed by atoms with Gasteiger partial charge in [-0.05, 0) is 30.5 Å². The first-order valence-corrected chi connectivity index (χ1v) is 8.16. The van der Waals surface area contributed by atoms with Gasteiger partial charge in [-0.15, -0.1) is 0 Å². The molecule has 0 aliphatic carbocycles. The van der Waals surface area contributed by atoms with Crippen LogP contribution in [0.1, 0.15) is 32.3 Å². The van der Waals surface area contributed by atoms with E-state index in [1.54, 1.807) is 7.11 Å². The van der Waals surface area contributed by atoms with Crippen molar-refractivity contribution in [1.82, 2.24) is 0 Å². The second kappa shape index (κ2) is 8.11. The van der Waals surface area contributed by atoms with Crippen molar-refractivity contribution in [1.29, 1.82) is 0 Å². The number of rotatable bonds is 7. The Morgan fingerprint density at radius 3 is 1.96 bits per heavy atom. The Hall–Kier alpha value is -1.14. The number of hydrogen-bond donors (Lipinski definition) is 2. The Morgan fingerprint density at radius 2 is 1.52 bits per heavy atom. The largest absolute Gasteiger partial charge is 0.497 e. The highest BCUT2D eigenvalue weighted by Gasteiger charge is 2.44. The summed E-state index contributed by atoms with van der Waals surface area (Å²) < 4.78 is 17.3. The lowest BCUT2D eigenvalue weighted by Crippen LogP contribution is -2.53. The zero-order valence-electron chi connectivity index (χ0n) is 14.2. The normalized spacial score (nSPS) is 26.9. The zero-order valence-corrected chi connectivity index (χ0v) is 14.2. The van der Waals surface area contributed by atoms with Crippen LogP contribution in [0, 0.1) is 5.41 Å². The standard InChI is InChI=1S/C18H28O5/c1-18(2)15(8-10-19)22-17(23-16(18)9-11-20)12-13-4-6-14(21-3)7-5-13/h4-7,15-17,19-20H,8-12H2,1-3H3/t15-,16-/m0/s1. The molecule has 1 fully saturated rings. The van der Waals surface area contributed by atoms with Crippen molar-refractivity contribution in [2.24, 2.45) is 5.41 Å². The number of hydrogen-bond acceptors (Lipinski definition) is 5. The molecule has 5 heteroatoms. The molecule has 2 N–H and O–H groups in total. The van der Waals surface area contributed by atoms with E-state index in [-0.39, 0.29) is 37.1 Å². The lowest BCUT2D eigenvalue weighted by Gasteiger charge is -2.47. The van der Waals surface area contributed by atoms with Gasteiger partial charge < -0.3 is 24.4 Å². The highest BCUT2D eigenvalue weighted by Crippen LogP contribution is 2.39. The molecule has 1 aromatic rings. The summed E-state index contributed by atoms with van der Waals surface area (Å²) in [6, 6.07) is 7.82. The minimum atomic E-state index is -0.371. The van der Waals surface area contributed by atoms with Crippen molar-refractivity contribution in [3.8, 4) is 5.75 Å². The second-order valence-electron chi connectivity index (χ2n) is 6.58. The van der Waals surface area contributed by atoms with Crippen LogP contribution < -0.4 is 4.74 Å². The molecule has 0 unspecified atom stereocenters. The van der Waals surface area contributed by atoms with Gasteiger partial charge in [0.05, 0.1) is 19.3 Å². The van der Waals surface area contributed by atoms with Crippen LogP contribution in [-0.2, 0) is 15.9 Å². The molecule has 5 nitrogen and oxygen atoms in total. The smallest absolute Gasteiger partial charge is 0.162 e. The van der Waals surface area contributed by atoms with Crippen molar-refractivity contribution in [2.75, 3.05) is 20.3 Å². The Bertz CT molecular complexity index is 453. The molecule has 1 heterocycles. The van der Waals surface area contributed by atoms with Gasteiger partial charge in [-0.1, -0.05) is 26.0 Å². The maximum Gasteiger partial charge on any atom is 0.162 e. The van der Waals surface area contributed by atoms with E-state index in [0.29, 0.717) is 19.3 Å². The maximum atomic E-state index is 9.32. The van der Waals surface area contributed by atoms with Crippen LogP contribution in [0.5, 0.6) is 5.75 Å². The van der Waals surface area contributed by atoms with E-state index in [2.05, 4.69) is 13.8 Å². The third-order valence-electron chi connectivity index (χ3n) is 4.64. The summed E-state index contributed by atoms with van der Waals surface area (Å²) in [7, 11) is 1.64. The van der Waals surface area contributed by atoms with Crippen LogP contribution in [0.25, 0.3) is 0 Å². The minimum absolute atomic E-state index is 0.0786. The highest BCUT2D eigenvalue weighted by atomic mass is 16.7. The van der Waals surface area contributed by atoms with E-state index in [1.165, 1.54) is 0 Å². The predicted molar refractivity (Wildman–Crippen MR) is 87.4 cm³/mol. The Kier molecular flexibility index (Phi) is 6.41. The summed E-state index contributed by atoms with van der Waals surface area (Å²) in [5.74, 6) is 0.816. The molecular formula is C18H28O5. The van der Waals surface area contributed by atoms with Gasteiger partial charge in [0.15, 0.2) is 6.29 Å². The summed E-state index contributed by atoms with van der Waals surface area (Å²) in [4.78, 5) is 0. The van der Waals surface area contributed by atoms with E-state index < -0.39 is 0 Å². The van der Waals surface area contributed by atoms with Gasteiger partial charge in [0.2, 0.25) is 0 Å². The fourth-order valence-electron chi connectivity index (χ4n) is 3.12. The molecule has 130 valence electrons. The topological polar surface area (TPSA) is 68.2 Å². The van der Waals surface area contributed by atoms with Gasteiger partial charge in [0.1, 0.15) is 5.75 Å². The summed E-state index contributed by atoms with van der Waals surface area (Å²) >= 11 is 0. The molecule has 1 aliphatic rings. The third-order valence-corrected chi connectivity index (χ3v) is 4.64. The summed E-state index contributed by atoms with van der Waals surface area (Å²) in [5.41, 5.74) is 0.850. The van der Waals surface area contributed by atoms with Crippen molar-refractivity contribution >= 4 is 0 Å². The van der Waals surface area contributed by atoms with Gasteiger partial charge in [-0.2, -0.15) is 0 Å². The Balaban J connectivity index is 2.08. The van der Waals surface area contributed by atoms with Crippen LogP contribution in [0.15, 0.2) is 24.3 Å². The van der Waals surface area contributed by atoms with Crippen molar-refractivity contribution in [3.63, 3.8) is 0 Å². The molecule has 1 aliphatic heterocycles.